The Hall–Kier alpha value is -1.89. The highest BCUT2D eigenvalue weighted by atomic mass is 32.2. The molecule has 22 heavy (non-hydrogen) atoms. The standard InChI is InChI=1S/C15H17F2N3OS/c1-8-14(9(2)20(4)19-8)18-15(21)10(3)22-13-7-11(16)5-6-12(13)17/h5-7,10H,1-4H3,(H,18,21). The summed E-state index contributed by atoms with van der Waals surface area (Å²) in [6.07, 6.45) is 0. The lowest BCUT2D eigenvalue weighted by Gasteiger charge is -2.13. The van der Waals surface area contributed by atoms with Crippen molar-refractivity contribution in [3.05, 3.63) is 41.2 Å². The lowest BCUT2D eigenvalue weighted by Crippen LogP contribution is -2.23. The van der Waals surface area contributed by atoms with Crippen molar-refractivity contribution < 1.29 is 13.6 Å². The van der Waals surface area contributed by atoms with Gasteiger partial charge in [0.15, 0.2) is 0 Å². The molecular formula is C15H17F2N3OS. The number of benzene rings is 1. The average molecular weight is 325 g/mol. The van der Waals surface area contributed by atoms with E-state index in [0.717, 1.165) is 35.7 Å². The molecule has 1 atom stereocenters. The second kappa shape index (κ2) is 6.48. The zero-order valence-corrected chi connectivity index (χ0v) is 13.6. The number of carbonyl (C=O) groups is 1. The number of rotatable bonds is 4. The lowest BCUT2D eigenvalue weighted by atomic mass is 10.3. The van der Waals surface area contributed by atoms with Crippen molar-refractivity contribution >= 4 is 23.4 Å². The van der Waals surface area contributed by atoms with Crippen molar-refractivity contribution in [2.45, 2.75) is 30.9 Å². The highest BCUT2D eigenvalue weighted by molar-refractivity contribution is 8.00. The van der Waals surface area contributed by atoms with Gasteiger partial charge in [-0.2, -0.15) is 5.10 Å². The molecular weight excluding hydrogens is 308 g/mol. The molecule has 1 aromatic carbocycles. The van der Waals surface area contributed by atoms with E-state index in [1.165, 1.54) is 0 Å². The maximum atomic E-state index is 13.6. The Balaban J connectivity index is 2.11. The van der Waals surface area contributed by atoms with Crippen LogP contribution >= 0.6 is 11.8 Å². The molecule has 1 unspecified atom stereocenters. The van der Waals surface area contributed by atoms with Crippen molar-refractivity contribution in [2.75, 3.05) is 5.32 Å². The summed E-state index contributed by atoms with van der Waals surface area (Å²) >= 11 is 0.976. The number of anilines is 1. The summed E-state index contributed by atoms with van der Waals surface area (Å²) in [5, 5.41) is 6.44. The first-order valence-corrected chi connectivity index (χ1v) is 7.60. The number of nitrogens with zero attached hydrogens (tertiary/aromatic N) is 2. The fourth-order valence-corrected chi connectivity index (χ4v) is 2.90. The fraction of sp³-hybridized carbons (Fsp3) is 0.333. The first kappa shape index (κ1) is 16.5. The Bertz CT molecular complexity index is 715. The van der Waals surface area contributed by atoms with Crippen LogP contribution in [0, 0.1) is 25.5 Å². The van der Waals surface area contributed by atoms with Crippen LogP contribution in [0.3, 0.4) is 0 Å². The zero-order chi connectivity index (χ0) is 16.4. The van der Waals surface area contributed by atoms with Crippen LogP contribution in [0.25, 0.3) is 0 Å². The van der Waals surface area contributed by atoms with Crippen LogP contribution in [-0.2, 0) is 11.8 Å². The fourth-order valence-electron chi connectivity index (χ4n) is 1.99. The number of carbonyl (C=O) groups excluding carboxylic acids is 1. The second-order valence-electron chi connectivity index (χ2n) is 4.99. The number of thioether (sulfide) groups is 1. The molecule has 4 nitrogen and oxygen atoms in total. The summed E-state index contributed by atoms with van der Waals surface area (Å²) in [4.78, 5) is 12.4. The summed E-state index contributed by atoms with van der Waals surface area (Å²) in [6.45, 7) is 5.29. The smallest absolute Gasteiger partial charge is 0.237 e. The molecule has 1 aromatic heterocycles. The van der Waals surface area contributed by atoms with E-state index in [0.29, 0.717) is 11.4 Å². The van der Waals surface area contributed by atoms with E-state index in [9.17, 15) is 13.6 Å². The molecule has 2 rings (SSSR count). The van der Waals surface area contributed by atoms with Crippen LogP contribution in [-0.4, -0.2) is 20.9 Å². The van der Waals surface area contributed by atoms with Gasteiger partial charge in [0, 0.05) is 11.9 Å². The topological polar surface area (TPSA) is 46.9 Å². The monoisotopic (exact) mass is 325 g/mol. The van der Waals surface area contributed by atoms with Crippen molar-refractivity contribution in [3.8, 4) is 0 Å². The Morgan fingerprint density at radius 1 is 1.36 bits per heavy atom. The minimum absolute atomic E-state index is 0.113. The predicted molar refractivity (Wildman–Crippen MR) is 83.0 cm³/mol. The summed E-state index contributed by atoms with van der Waals surface area (Å²) in [7, 11) is 1.79. The summed E-state index contributed by atoms with van der Waals surface area (Å²) in [5.41, 5.74) is 2.20. The van der Waals surface area contributed by atoms with Crippen LogP contribution in [0.4, 0.5) is 14.5 Å². The molecule has 118 valence electrons. The summed E-state index contributed by atoms with van der Waals surface area (Å²) in [6, 6.07) is 3.19. The lowest BCUT2D eigenvalue weighted by molar-refractivity contribution is -0.115. The third-order valence-electron chi connectivity index (χ3n) is 3.32. The minimum Gasteiger partial charge on any atom is -0.322 e. The average Bonchev–Trinajstić information content (AvgIpc) is 2.69. The van der Waals surface area contributed by atoms with Gasteiger partial charge >= 0.3 is 0 Å². The van der Waals surface area contributed by atoms with E-state index in [-0.39, 0.29) is 10.8 Å². The Morgan fingerprint density at radius 3 is 2.64 bits per heavy atom. The normalized spacial score (nSPS) is 12.3. The second-order valence-corrected chi connectivity index (χ2v) is 6.38. The van der Waals surface area contributed by atoms with Crippen LogP contribution in [0.1, 0.15) is 18.3 Å². The van der Waals surface area contributed by atoms with Gasteiger partial charge in [-0.3, -0.25) is 9.48 Å². The number of halogens is 2. The number of hydrogen-bond acceptors (Lipinski definition) is 3. The van der Waals surface area contributed by atoms with Gasteiger partial charge in [0.1, 0.15) is 11.6 Å². The van der Waals surface area contributed by atoms with Gasteiger partial charge in [0.05, 0.1) is 22.3 Å². The number of hydrogen-bond donors (Lipinski definition) is 1. The molecule has 0 radical (unpaired) electrons. The highest BCUT2D eigenvalue weighted by Gasteiger charge is 2.20. The van der Waals surface area contributed by atoms with Gasteiger partial charge < -0.3 is 5.32 Å². The number of amides is 1. The number of nitrogens with one attached hydrogen (secondary N) is 1. The largest absolute Gasteiger partial charge is 0.322 e. The van der Waals surface area contributed by atoms with Gasteiger partial charge in [-0.05, 0) is 39.0 Å². The molecule has 1 N–H and O–H groups in total. The third kappa shape index (κ3) is 3.47. The Morgan fingerprint density at radius 2 is 2.05 bits per heavy atom. The van der Waals surface area contributed by atoms with Crippen molar-refractivity contribution in [1.82, 2.24) is 9.78 Å². The van der Waals surface area contributed by atoms with E-state index in [2.05, 4.69) is 10.4 Å². The van der Waals surface area contributed by atoms with Gasteiger partial charge in [0.2, 0.25) is 5.91 Å². The number of aromatic nitrogens is 2. The van der Waals surface area contributed by atoms with Crippen molar-refractivity contribution in [1.29, 1.82) is 0 Å². The molecule has 0 bridgehead atoms. The molecule has 0 saturated carbocycles. The maximum Gasteiger partial charge on any atom is 0.237 e. The molecule has 7 heteroatoms. The van der Waals surface area contributed by atoms with Gasteiger partial charge in [-0.15, -0.1) is 11.8 Å². The van der Waals surface area contributed by atoms with E-state index in [4.69, 9.17) is 0 Å². The Labute approximate surface area is 131 Å². The quantitative estimate of drug-likeness (QED) is 0.876. The molecule has 0 aliphatic carbocycles. The van der Waals surface area contributed by atoms with Crippen molar-refractivity contribution in [2.24, 2.45) is 7.05 Å². The molecule has 0 fully saturated rings. The predicted octanol–water partition coefficient (Wildman–Crippen LogP) is 3.43. The molecule has 0 aliphatic rings. The van der Waals surface area contributed by atoms with Crippen molar-refractivity contribution in [3.63, 3.8) is 0 Å². The highest BCUT2D eigenvalue weighted by Crippen LogP contribution is 2.28. The SMILES string of the molecule is Cc1nn(C)c(C)c1NC(=O)C(C)Sc1cc(F)ccc1F. The third-order valence-corrected chi connectivity index (χ3v) is 4.46. The molecule has 0 saturated heterocycles. The van der Waals surface area contributed by atoms with E-state index >= 15 is 0 Å². The first-order chi connectivity index (χ1) is 10.3. The van der Waals surface area contributed by atoms with Crippen LogP contribution in [0.5, 0.6) is 0 Å². The Kier molecular flexibility index (Phi) is 4.85. The van der Waals surface area contributed by atoms with Crippen LogP contribution in [0.15, 0.2) is 23.1 Å². The van der Waals surface area contributed by atoms with E-state index in [1.54, 1.807) is 25.6 Å². The molecule has 1 heterocycles. The van der Waals surface area contributed by atoms with E-state index < -0.39 is 16.9 Å². The summed E-state index contributed by atoms with van der Waals surface area (Å²) in [5.74, 6) is -1.36. The summed E-state index contributed by atoms with van der Waals surface area (Å²) < 4.78 is 28.5. The first-order valence-electron chi connectivity index (χ1n) is 6.72. The molecule has 0 aliphatic heterocycles. The van der Waals surface area contributed by atoms with Crippen LogP contribution in [0.2, 0.25) is 0 Å². The molecule has 2 aromatic rings. The molecule has 0 spiro atoms. The van der Waals surface area contributed by atoms with E-state index in [1.807, 2.05) is 6.92 Å². The van der Waals surface area contributed by atoms with Gasteiger partial charge in [-0.1, -0.05) is 0 Å². The number of aryl methyl sites for hydroxylation is 2. The minimum atomic E-state index is -0.574. The zero-order valence-electron chi connectivity index (χ0n) is 12.8. The van der Waals surface area contributed by atoms with Gasteiger partial charge in [0.25, 0.3) is 0 Å². The maximum absolute atomic E-state index is 13.6. The molecule has 1 amide bonds. The van der Waals surface area contributed by atoms with Crippen LogP contribution < -0.4 is 5.32 Å². The van der Waals surface area contributed by atoms with Gasteiger partial charge in [-0.25, -0.2) is 8.78 Å².